The molecule has 1 aromatic carbocycles. The largest absolute Gasteiger partial charge is 0.490 e. The Kier molecular flexibility index (Phi) is 4.47. The van der Waals surface area contributed by atoms with Crippen LogP contribution in [0, 0.1) is 0 Å². The van der Waals surface area contributed by atoms with Crippen molar-refractivity contribution in [2.24, 2.45) is 0 Å². The van der Waals surface area contributed by atoms with Crippen molar-refractivity contribution in [3.8, 4) is 5.75 Å². The third-order valence-corrected chi connectivity index (χ3v) is 4.42. The van der Waals surface area contributed by atoms with E-state index in [2.05, 4.69) is 12.2 Å². The van der Waals surface area contributed by atoms with E-state index in [4.69, 9.17) is 4.74 Å². The van der Waals surface area contributed by atoms with Crippen LogP contribution in [-0.4, -0.2) is 33.4 Å². The van der Waals surface area contributed by atoms with Crippen LogP contribution in [0.4, 0.5) is 0 Å². The molecule has 1 saturated carbocycles. The zero-order valence-electron chi connectivity index (χ0n) is 11.4. The molecule has 19 heavy (non-hydrogen) atoms. The number of rotatable bonds is 6. The fraction of sp³-hybridized carbons (Fsp3) is 0.571. The third kappa shape index (κ3) is 3.94. The molecule has 0 radical (unpaired) electrons. The molecule has 0 bridgehead atoms. The summed E-state index contributed by atoms with van der Waals surface area (Å²) in [6.45, 7) is 3.19. The molecule has 0 saturated heterocycles. The monoisotopic (exact) mass is 283 g/mol. The lowest BCUT2D eigenvalue weighted by Crippen LogP contribution is -2.46. The fourth-order valence-electron chi connectivity index (χ4n) is 2.15. The predicted molar refractivity (Wildman–Crippen MR) is 75.3 cm³/mol. The fourth-order valence-corrected chi connectivity index (χ4v) is 2.80. The first-order chi connectivity index (χ1) is 8.99. The van der Waals surface area contributed by atoms with Crippen LogP contribution in [-0.2, 0) is 9.84 Å². The van der Waals surface area contributed by atoms with Crippen molar-refractivity contribution in [1.29, 1.82) is 0 Å². The van der Waals surface area contributed by atoms with E-state index < -0.39 is 9.84 Å². The van der Waals surface area contributed by atoms with Gasteiger partial charge in [0.15, 0.2) is 9.84 Å². The van der Waals surface area contributed by atoms with Gasteiger partial charge in [0, 0.05) is 12.3 Å². The highest BCUT2D eigenvalue weighted by Gasteiger charge is 2.30. The van der Waals surface area contributed by atoms with Crippen molar-refractivity contribution >= 4 is 9.84 Å². The van der Waals surface area contributed by atoms with Crippen molar-refractivity contribution in [1.82, 2.24) is 5.32 Å². The Balaban J connectivity index is 1.88. The minimum Gasteiger partial charge on any atom is -0.490 e. The summed E-state index contributed by atoms with van der Waals surface area (Å²) in [6, 6.07) is 7.26. The maximum atomic E-state index is 11.5. The van der Waals surface area contributed by atoms with E-state index >= 15 is 0 Å². The first-order valence-electron chi connectivity index (χ1n) is 6.69. The maximum absolute atomic E-state index is 11.5. The summed E-state index contributed by atoms with van der Waals surface area (Å²) in [5.41, 5.74) is 0. The van der Waals surface area contributed by atoms with Crippen LogP contribution in [0.3, 0.4) is 0 Å². The van der Waals surface area contributed by atoms with Gasteiger partial charge < -0.3 is 10.1 Å². The topological polar surface area (TPSA) is 55.4 Å². The van der Waals surface area contributed by atoms with Gasteiger partial charge in [-0.05, 0) is 44.0 Å². The average molecular weight is 283 g/mol. The lowest BCUT2D eigenvalue weighted by atomic mass is 9.89. The van der Waals surface area contributed by atoms with Crippen LogP contribution < -0.4 is 10.1 Å². The Bertz CT molecular complexity index is 521. The molecule has 0 aromatic heterocycles. The molecular weight excluding hydrogens is 262 g/mol. The van der Waals surface area contributed by atoms with Crippen LogP contribution in [0.2, 0.25) is 0 Å². The standard InChI is InChI=1S/C14H21NO3S/c1-3-7-15-11-8-13(9-11)18-12-5-4-6-14(10-12)19(2,16)17/h4-6,10-11,13,15H,3,7-9H2,1-2H3. The molecule has 1 aromatic rings. The molecule has 0 atom stereocenters. The second-order valence-electron chi connectivity index (χ2n) is 5.11. The molecule has 0 unspecified atom stereocenters. The number of hydrogen-bond donors (Lipinski definition) is 1. The van der Waals surface area contributed by atoms with Gasteiger partial charge in [0.1, 0.15) is 11.9 Å². The molecule has 1 aliphatic rings. The van der Waals surface area contributed by atoms with E-state index in [1.807, 2.05) is 6.07 Å². The lowest BCUT2D eigenvalue weighted by Gasteiger charge is -2.36. The quantitative estimate of drug-likeness (QED) is 0.867. The molecule has 106 valence electrons. The summed E-state index contributed by atoms with van der Waals surface area (Å²) in [5.74, 6) is 0.641. The van der Waals surface area contributed by atoms with Crippen molar-refractivity contribution in [2.75, 3.05) is 12.8 Å². The van der Waals surface area contributed by atoms with Crippen LogP contribution in [0.25, 0.3) is 0 Å². The molecule has 1 fully saturated rings. The highest BCUT2D eigenvalue weighted by Crippen LogP contribution is 2.27. The summed E-state index contributed by atoms with van der Waals surface area (Å²) in [4.78, 5) is 0.310. The average Bonchev–Trinajstić information content (AvgIpc) is 2.31. The van der Waals surface area contributed by atoms with Gasteiger partial charge in [-0.15, -0.1) is 0 Å². The number of benzene rings is 1. The van der Waals surface area contributed by atoms with E-state index in [0.717, 1.165) is 25.8 Å². The highest BCUT2D eigenvalue weighted by atomic mass is 32.2. The summed E-state index contributed by atoms with van der Waals surface area (Å²) in [7, 11) is -3.16. The van der Waals surface area contributed by atoms with Gasteiger partial charge in [-0.25, -0.2) is 8.42 Å². The Labute approximate surface area is 115 Å². The van der Waals surface area contributed by atoms with Gasteiger partial charge in [0.2, 0.25) is 0 Å². The third-order valence-electron chi connectivity index (χ3n) is 3.31. The summed E-state index contributed by atoms with van der Waals surface area (Å²) in [5, 5.41) is 3.44. The predicted octanol–water partition coefficient (Wildman–Crippen LogP) is 2.00. The second kappa shape index (κ2) is 5.92. The molecule has 1 N–H and O–H groups in total. The lowest BCUT2D eigenvalue weighted by molar-refractivity contribution is 0.0850. The SMILES string of the molecule is CCCNC1CC(Oc2cccc(S(C)(=O)=O)c2)C1. The van der Waals surface area contributed by atoms with Gasteiger partial charge >= 0.3 is 0 Å². The Morgan fingerprint density at radius 1 is 1.37 bits per heavy atom. The zero-order valence-corrected chi connectivity index (χ0v) is 12.2. The molecule has 4 nitrogen and oxygen atoms in total. The minimum absolute atomic E-state index is 0.198. The first kappa shape index (κ1) is 14.3. The number of nitrogens with one attached hydrogen (secondary N) is 1. The normalized spacial score (nSPS) is 22.8. The number of ether oxygens (including phenoxy) is 1. The molecule has 5 heteroatoms. The Morgan fingerprint density at radius 2 is 2.11 bits per heavy atom. The second-order valence-corrected chi connectivity index (χ2v) is 7.13. The van der Waals surface area contributed by atoms with E-state index in [1.54, 1.807) is 18.2 Å². The van der Waals surface area contributed by atoms with Crippen LogP contribution in [0.15, 0.2) is 29.2 Å². The Hall–Kier alpha value is -1.07. The van der Waals surface area contributed by atoms with E-state index in [9.17, 15) is 8.42 Å². The van der Waals surface area contributed by atoms with Gasteiger partial charge in [-0.3, -0.25) is 0 Å². The van der Waals surface area contributed by atoms with Crippen LogP contribution >= 0.6 is 0 Å². The molecule has 0 spiro atoms. The molecule has 1 aliphatic carbocycles. The smallest absolute Gasteiger partial charge is 0.175 e. The highest BCUT2D eigenvalue weighted by molar-refractivity contribution is 7.90. The molecule has 0 amide bonds. The number of hydrogen-bond acceptors (Lipinski definition) is 4. The van der Waals surface area contributed by atoms with Crippen molar-refractivity contribution < 1.29 is 13.2 Å². The molecule has 2 rings (SSSR count). The summed E-state index contributed by atoms with van der Waals surface area (Å²) in [6.07, 6.45) is 4.52. The van der Waals surface area contributed by atoms with E-state index in [0.29, 0.717) is 16.7 Å². The van der Waals surface area contributed by atoms with Gasteiger partial charge in [-0.2, -0.15) is 0 Å². The van der Waals surface area contributed by atoms with Crippen molar-refractivity contribution in [3.05, 3.63) is 24.3 Å². The van der Waals surface area contributed by atoms with E-state index in [1.165, 1.54) is 6.26 Å². The van der Waals surface area contributed by atoms with Crippen LogP contribution in [0.1, 0.15) is 26.2 Å². The van der Waals surface area contributed by atoms with Crippen molar-refractivity contribution in [2.45, 2.75) is 43.2 Å². The molecule has 0 aliphatic heterocycles. The zero-order chi connectivity index (χ0) is 13.9. The molecular formula is C14H21NO3S. The summed E-state index contributed by atoms with van der Waals surface area (Å²) < 4.78 is 28.7. The molecule has 0 heterocycles. The van der Waals surface area contributed by atoms with Gasteiger partial charge in [0.05, 0.1) is 4.90 Å². The van der Waals surface area contributed by atoms with Crippen LogP contribution in [0.5, 0.6) is 5.75 Å². The van der Waals surface area contributed by atoms with Gasteiger partial charge in [-0.1, -0.05) is 13.0 Å². The summed E-state index contributed by atoms with van der Waals surface area (Å²) >= 11 is 0. The Morgan fingerprint density at radius 3 is 2.74 bits per heavy atom. The van der Waals surface area contributed by atoms with Crippen molar-refractivity contribution in [3.63, 3.8) is 0 Å². The first-order valence-corrected chi connectivity index (χ1v) is 8.58. The maximum Gasteiger partial charge on any atom is 0.175 e. The minimum atomic E-state index is -3.16. The van der Waals surface area contributed by atoms with E-state index in [-0.39, 0.29) is 6.10 Å². The number of sulfone groups is 1. The van der Waals surface area contributed by atoms with Gasteiger partial charge in [0.25, 0.3) is 0 Å².